The average molecular weight is 255 g/mol. The minimum Gasteiger partial charge on any atom is -0.497 e. The van der Waals surface area contributed by atoms with Crippen LogP contribution in [0.3, 0.4) is 0 Å². The number of para-hydroxylation sites is 1. The lowest BCUT2D eigenvalue weighted by atomic mass is 10.0. The Morgan fingerprint density at radius 3 is 2.32 bits per heavy atom. The number of hydrogen-bond acceptors (Lipinski definition) is 2. The Morgan fingerprint density at radius 1 is 1.05 bits per heavy atom. The first kappa shape index (κ1) is 13.5. The van der Waals surface area contributed by atoms with Gasteiger partial charge in [0, 0.05) is 5.69 Å². The molecule has 2 aromatic rings. The van der Waals surface area contributed by atoms with Crippen LogP contribution in [0.4, 0.5) is 5.69 Å². The molecular formula is C17H21NO. The predicted molar refractivity (Wildman–Crippen MR) is 80.8 cm³/mol. The van der Waals surface area contributed by atoms with E-state index in [2.05, 4.69) is 55.6 Å². The van der Waals surface area contributed by atoms with Crippen molar-refractivity contribution in [2.45, 2.75) is 26.3 Å². The van der Waals surface area contributed by atoms with Crippen molar-refractivity contribution in [3.63, 3.8) is 0 Å². The maximum atomic E-state index is 5.20. The number of hydrogen-bond donors (Lipinski definition) is 1. The molecule has 100 valence electrons. The molecule has 0 heterocycles. The number of ether oxygens (including phenoxy) is 1. The largest absolute Gasteiger partial charge is 0.497 e. The Bertz CT molecular complexity index is 519. The predicted octanol–water partition coefficient (Wildman–Crippen LogP) is 4.57. The first-order valence-corrected chi connectivity index (χ1v) is 6.70. The molecule has 0 aromatic heterocycles. The minimum absolute atomic E-state index is 0.326. The second kappa shape index (κ2) is 6.28. The zero-order valence-corrected chi connectivity index (χ0v) is 11.8. The van der Waals surface area contributed by atoms with Crippen LogP contribution in [0, 0.1) is 6.92 Å². The molecule has 1 N–H and O–H groups in total. The molecule has 2 heteroatoms. The van der Waals surface area contributed by atoms with Crippen LogP contribution in [0.25, 0.3) is 0 Å². The summed E-state index contributed by atoms with van der Waals surface area (Å²) in [5.74, 6) is 0.898. The fourth-order valence-corrected chi connectivity index (χ4v) is 2.18. The molecule has 0 amide bonds. The number of nitrogens with one attached hydrogen (secondary N) is 1. The fourth-order valence-electron chi connectivity index (χ4n) is 2.18. The second-order valence-electron chi connectivity index (χ2n) is 4.69. The number of methoxy groups -OCH3 is 1. The highest BCUT2D eigenvalue weighted by Crippen LogP contribution is 2.25. The van der Waals surface area contributed by atoms with Crippen LogP contribution in [0.5, 0.6) is 5.75 Å². The molecule has 2 nitrogen and oxygen atoms in total. The minimum atomic E-state index is 0.326. The first-order chi connectivity index (χ1) is 9.24. The van der Waals surface area contributed by atoms with Gasteiger partial charge in [-0.05, 0) is 42.7 Å². The summed E-state index contributed by atoms with van der Waals surface area (Å²) in [4.78, 5) is 0. The van der Waals surface area contributed by atoms with Gasteiger partial charge in [0.25, 0.3) is 0 Å². The van der Waals surface area contributed by atoms with Crippen molar-refractivity contribution in [2.75, 3.05) is 12.4 Å². The average Bonchev–Trinajstić information content (AvgIpc) is 2.47. The Balaban J connectivity index is 2.17. The lowest BCUT2D eigenvalue weighted by molar-refractivity contribution is 0.414. The van der Waals surface area contributed by atoms with E-state index in [0.717, 1.165) is 12.2 Å². The van der Waals surface area contributed by atoms with E-state index < -0.39 is 0 Å². The lowest BCUT2D eigenvalue weighted by Crippen LogP contribution is -2.10. The highest BCUT2D eigenvalue weighted by atomic mass is 16.5. The van der Waals surface area contributed by atoms with E-state index in [-0.39, 0.29) is 0 Å². The van der Waals surface area contributed by atoms with Crippen LogP contribution in [-0.2, 0) is 0 Å². The van der Waals surface area contributed by atoms with E-state index >= 15 is 0 Å². The number of benzene rings is 2. The Morgan fingerprint density at radius 2 is 1.74 bits per heavy atom. The van der Waals surface area contributed by atoms with Crippen molar-refractivity contribution in [2.24, 2.45) is 0 Å². The summed E-state index contributed by atoms with van der Waals surface area (Å²) >= 11 is 0. The maximum Gasteiger partial charge on any atom is 0.118 e. The molecule has 1 atom stereocenters. The molecule has 2 rings (SSSR count). The molecule has 0 bridgehead atoms. The van der Waals surface area contributed by atoms with Gasteiger partial charge in [0.1, 0.15) is 5.75 Å². The molecule has 0 aliphatic rings. The SMILES string of the molecule is CCC(Nc1ccccc1C)c1ccc(OC)cc1. The highest BCUT2D eigenvalue weighted by Gasteiger charge is 2.10. The lowest BCUT2D eigenvalue weighted by Gasteiger charge is -2.20. The summed E-state index contributed by atoms with van der Waals surface area (Å²) < 4.78 is 5.20. The summed E-state index contributed by atoms with van der Waals surface area (Å²) in [6.07, 6.45) is 1.04. The van der Waals surface area contributed by atoms with Gasteiger partial charge >= 0.3 is 0 Å². The molecule has 0 aliphatic heterocycles. The quantitative estimate of drug-likeness (QED) is 0.845. The number of anilines is 1. The van der Waals surface area contributed by atoms with Gasteiger partial charge in [0.05, 0.1) is 13.2 Å². The van der Waals surface area contributed by atoms with Crippen molar-refractivity contribution in [3.8, 4) is 5.75 Å². The van der Waals surface area contributed by atoms with Gasteiger partial charge in [-0.25, -0.2) is 0 Å². The van der Waals surface area contributed by atoms with Crippen molar-refractivity contribution in [3.05, 3.63) is 59.7 Å². The molecule has 0 radical (unpaired) electrons. The number of rotatable bonds is 5. The Labute approximate surface area is 115 Å². The van der Waals surface area contributed by atoms with Crippen LogP contribution in [0.2, 0.25) is 0 Å². The molecular weight excluding hydrogens is 234 g/mol. The summed E-state index contributed by atoms with van der Waals surface area (Å²) in [6, 6.07) is 17.0. The van der Waals surface area contributed by atoms with Crippen molar-refractivity contribution >= 4 is 5.69 Å². The van der Waals surface area contributed by atoms with Gasteiger partial charge in [-0.1, -0.05) is 37.3 Å². The van der Waals surface area contributed by atoms with Gasteiger partial charge in [0.2, 0.25) is 0 Å². The van der Waals surface area contributed by atoms with Crippen LogP contribution in [0.1, 0.15) is 30.5 Å². The van der Waals surface area contributed by atoms with Gasteiger partial charge in [-0.15, -0.1) is 0 Å². The zero-order valence-electron chi connectivity index (χ0n) is 11.8. The van der Waals surface area contributed by atoms with Crippen LogP contribution in [0.15, 0.2) is 48.5 Å². The fraction of sp³-hybridized carbons (Fsp3) is 0.294. The molecule has 1 unspecified atom stereocenters. The third kappa shape index (κ3) is 3.28. The molecule has 0 saturated carbocycles. The molecule has 2 aromatic carbocycles. The van der Waals surface area contributed by atoms with E-state index in [9.17, 15) is 0 Å². The third-order valence-corrected chi connectivity index (χ3v) is 3.40. The van der Waals surface area contributed by atoms with Gasteiger partial charge in [-0.2, -0.15) is 0 Å². The highest BCUT2D eigenvalue weighted by molar-refractivity contribution is 5.52. The molecule has 0 spiro atoms. The van der Waals surface area contributed by atoms with Crippen molar-refractivity contribution in [1.82, 2.24) is 0 Å². The standard InChI is InChI=1S/C17H21NO/c1-4-16(14-9-11-15(19-3)12-10-14)18-17-8-6-5-7-13(17)2/h5-12,16,18H,4H2,1-3H3. The molecule has 0 saturated heterocycles. The van der Waals surface area contributed by atoms with Gasteiger partial charge in [0.15, 0.2) is 0 Å². The van der Waals surface area contributed by atoms with E-state index in [1.54, 1.807) is 7.11 Å². The van der Waals surface area contributed by atoms with Crippen molar-refractivity contribution < 1.29 is 4.74 Å². The van der Waals surface area contributed by atoms with Crippen molar-refractivity contribution in [1.29, 1.82) is 0 Å². The summed E-state index contributed by atoms with van der Waals surface area (Å²) in [5, 5.41) is 3.61. The molecule has 0 aliphatic carbocycles. The summed E-state index contributed by atoms with van der Waals surface area (Å²) in [7, 11) is 1.69. The Kier molecular flexibility index (Phi) is 4.45. The maximum absolute atomic E-state index is 5.20. The van der Waals surface area contributed by atoms with Gasteiger partial charge < -0.3 is 10.1 Å². The van der Waals surface area contributed by atoms with Crippen LogP contribution >= 0.6 is 0 Å². The van der Waals surface area contributed by atoms with Crippen LogP contribution in [-0.4, -0.2) is 7.11 Å². The van der Waals surface area contributed by atoms with Crippen LogP contribution < -0.4 is 10.1 Å². The summed E-state index contributed by atoms with van der Waals surface area (Å²) in [5.41, 5.74) is 3.76. The van der Waals surface area contributed by atoms with E-state index in [0.29, 0.717) is 6.04 Å². The monoisotopic (exact) mass is 255 g/mol. The second-order valence-corrected chi connectivity index (χ2v) is 4.69. The Hall–Kier alpha value is -1.96. The smallest absolute Gasteiger partial charge is 0.118 e. The van der Waals surface area contributed by atoms with Gasteiger partial charge in [-0.3, -0.25) is 0 Å². The summed E-state index contributed by atoms with van der Waals surface area (Å²) in [6.45, 7) is 4.32. The zero-order chi connectivity index (χ0) is 13.7. The van der Waals surface area contributed by atoms with E-state index in [1.807, 2.05) is 12.1 Å². The molecule has 0 fully saturated rings. The first-order valence-electron chi connectivity index (χ1n) is 6.70. The normalized spacial score (nSPS) is 11.9. The molecule has 19 heavy (non-hydrogen) atoms. The topological polar surface area (TPSA) is 21.3 Å². The van der Waals surface area contributed by atoms with E-state index in [4.69, 9.17) is 4.74 Å². The number of aryl methyl sites for hydroxylation is 1. The third-order valence-electron chi connectivity index (χ3n) is 3.40. The van der Waals surface area contributed by atoms with E-state index in [1.165, 1.54) is 16.8 Å².